The first-order valence-electron chi connectivity index (χ1n) is 18.0. The van der Waals surface area contributed by atoms with Crippen LogP contribution in [0.4, 0.5) is 0 Å². The van der Waals surface area contributed by atoms with Crippen molar-refractivity contribution in [3.63, 3.8) is 0 Å². The van der Waals surface area contributed by atoms with Crippen molar-refractivity contribution >= 4 is 41.4 Å². The predicted octanol–water partition coefficient (Wildman–Crippen LogP) is -2.56. The van der Waals surface area contributed by atoms with Gasteiger partial charge in [-0.2, -0.15) is 0 Å². The Kier molecular flexibility index (Phi) is 22.0. The van der Waals surface area contributed by atoms with Crippen LogP contribution in [0.1, 0.15) is 65.4 Å². The zero-order chi connectivity index (χ0) is 39.9. The monoisotopic (exact) mass is 747 g/mol. The summed E-state index contributed by atoms with van der Waals surface area (Å²) in [5.74, 6) is -4.57. The molecule has 0 saturated carbocycles. The molecular weight excluding hydrogens is 686 g/mol. The quantitative estimate of drug-likeness (QED) is 0.0281. The van der Waals surface area contributed by atoms with Gasteiger partial charge < -0.3 is 59.1 Å². The molecule has 298 valence electrons. The summed E-state index contributed by atoms with van der Waals surface area (Å²) in [5.41, 5.74) is 11.8. The molecule has 1 rings (SSSR count). The normalized spacial score (nSPS) is 13.8. The van der Waals surface area contributed by atoms with Crippen molar-refractivity contribution in [2.45, 2.75) is 102 Å². The zero-order valence-corrected chi connectivity index (χ0v) is 31.6. The molecule has 0 radical (unpaired) electrons. The first kappa shape index (κ1) is 46.2. The van der Waals surface area contributed by atoms with E-state index in [2.05, 4.69) is 42.5 Å². The lowest BCUT2D eigenvalue weighted by Gasteiger charge is -2.28. The maximum absolute atomic E-state index is 13.7. The number of carbonyl (C=O) groups excluding carboxylic acids is 6. The van der Waals surface area contributed by atoms with E-state index in [1.165, 1.54) is 7.05 Å². The number of unbranched alkanes of at least 4 members (excludes halogenated alkanes) is 1. The second-order valence-electron chi connectivity index (χ2n) is 13.3. The number of amides is 6. The van der Waals surface area contributed by atoms with Gasteiger partial charge in [-0.05, 0) is 50.1 Å². The summed E-state index contributed by atoms with van der Waals surface area (Å²) in [6.07, 6.45) is 1.95. The molecule has 6 amide bonds. The van der Waals surface area contributed by atoms with E-state index in [1.54, 1.807) is 38.1 Å². The Balaban J connectivity index is 3.16. The first-order valence-corrected chi connectivity index (χ1v) is 18.0. The lowest BCUT2D eigenvalue weighted by atomic mass is 10.0. The Hall–Kier alpha value is -4.81. The van der Waals surface area contributed by atoms with Gasteiger partial charge in [-0.25, -0.2) is 0 Å². The number of hydrogen-bond acceptors (Lipinski definition) is 10. The maximum Gasteiger partial charge on any atom is 0.245 e. The highest BCUT2D eigenvalue weighted by Crippen LogP contribution is 2.09. The van der Waals surface area contributed by atoms with E-state index < -0.39 is 78.2 Å². The third-order valence-electron chi connectivity index (χ3n) is 8.11. The lowest BCUT2D eigenvalue weighted by molar-refractivity contribution is -0.136. The highest BCUT2D eigenvalue weighted by atomic mass is 16.3. The van der Waals surface area contributed by atoms with E-state index in [1.807, 2.05) is 19.9 Å². The summed E-state index contributed by atoms with van der Waals surface area (Å²) in [5, 5.41) is 38.7. The van der Waals surface area contributed by atoms with Crippen LogP contribution in [0, 0.1) is 11.3 Å². The van der Waals surface area contributed by atoms with Crippen molar-refractivity contribution in [2.75, 3.05) is 33.3 Å². The SMILES string of the molecule is CNC(=O)[C@H](Cc1ccccc1)NC(=O)[C@H](CO)NC(=O)[C@@H](NC(=O)[C@H](CCCNC(=N)N)NC(=O)[C@H](CCCCN)NC(=O)CNC(C)C)C(C)C. The minimum atomic E-state index is -1.46. The number of guanidine groups is 1. The minimum Gasteiger partial charge on any atom is -0.394 e. The number of rotatable bonds is 25. The third kappa shape index (κ3) is 18.5. The van der Waals surface area contributed by atoms with Crippen LogP contribution in [0.2, 0.25) is 0 Å². The Labute approximate surface area is 312 Å². The standard InChI is InChI=1S/C35H61N11O7/c1-21(2)29(34(53)45-27(20-47)33(52)44-26(30(49)39-5)18-23-12-7-6-8-13-23)46-32(51)25(15-11-17-40-35(37)38)43-31(50)24(14-9-10-16-36)42-28(48)19-41-22(3)4/h6-8,12-13,21-22,24-27,29,41,47H,9-11,14-20,36H2,1-5H3,(H,39,49)(H,42,48)(H,43,50)(H,44,52)(H,45,53)(H,46,51)(H4,37,38,40)/t24-,25-,26-,27-,29-/m0/s1. The number of hydrogen-bond donors (Lipinski definition) is 12. The summed E-state index contributed by atoms with van der Waals surface area (Å²) in [7, 11) is 1.42. The van der Waals surface area contributed by atoms with Crippen molar-refractivity contribution in [2.24, 2.45) is 17.4 Å². The average Bonchev–Trinajstić information content (AvgIpc) is 3.11. The molecule has 0 aromatic heterocycles. The van der Waals surface area contributed by atoms with Crippen LogP contribution < -0.4 is 54.0 Å². The molecule has 0 fully saturated rings. The molecule has 53 heavy (non-hydrogen) atoms. The largest absolute Gasteiger partial charge is 0.394 e. The number of aliphatic hydroxyl groups is 1. The van der Waals surface area contributed by atoms with Crippen LogP contribution in [-0.2, 0) is 35.2 Å². The van der Waals surface area contributed by atoms with Gasteiger partial charge in [0.1, 0.15) is 30.2 Å². The Bertz CT molecular complexity index is 1330. The number of nitrogens with two attached hydrogens (primary N) is 2. The number of carbonyl (C=O) groups is 6. The van der Waals surface area contributed by atoms with Gasteiger partial charge in [-0.3, -0.25) is 34.2 Å². The number of benzene rings is 1. The Morgan fingerprint density at radius 1 is 0.736 bits per heavy atom. The molecule has 0 heterocycles. The van der Waals surface area contributed by atoms with Crippen molar-refractivity contribution in [1.82, 2.24) is 42.5 Å². The average molecular weight is 748 g/mol. The topological polar surface area (TPSA) is 295 Å². The van der Waals surface area contributed by atoms with E-state index in [-0.39, 0.29) is 44.4 Å². The van der Waals surface area contributed by atoms with E-state index in [9.17, 15) is 33.9 Å². The van der Waals surface area contributed by atoms with Gasteiger partial charge in [0, 0.05) is 26.1 Å². The summed E-state index contributed by atoms with van der Waals surface area (Å²) in [6, 6.07) is 3.21. The third-order valence-corrected chi connectivity index (χ3v) is 8.11. The molecule has 5 atom stereocenters. The Morgan fingerprint density at radius 3 is 1.87 bits per heavy atom. The fourth-order valence-corrected chi connectivity index (χ4v) is 5.12. The van der Waals surface area contributed by atoms with Crippen molar-refractivity contribution in [1.29, 1.82) is 5.41 Å². The van der Waals surface area contributed by atoms with Gasteiger partial charge in [-0.15, -0.1) is 0 Å². The molecule has 0 bridgehead atoms. The van der Waals surface area contributed by atoms with Gasteiger partial charge in [0.2, 0.25) is 35.4 Å². The number of aliphatic hydroxyl groups excluding tert-OH is 1. The van der Waals surface area contributed by atoms with Crippen LogP contribution in [0.5, 0.6) is 0 Å². The van der Waals surface area contributed by atoms with Crippen molar-refractivity contribution < 1.29 is 33.9 Å². The molecular formula is C35H61N11O7. The Morgan fingerprint density at radius 2 is 1.30 bits per heavy atom. The van der Waals surface area contributed by atoms with Crippen molar-refractivity contribution in [3.8, 4) is 0 Å². The highest BCUT2D eigenvalue weighted by Gasteiger charge is 2.33. The summed E-state index contributed by atoms with van der Waals surface area (Å²) >= 11 is 0. The molecule has 1 aromatic rings. The van der Waals surface area contributed by atoms with E-state index in [0.717, 1.165) is 5.56 Å². The van der Waals surface area contributed by atoms with Gasteiger partial charge in [0.25, 0.3) is 0 Å². The van der Waals surface area contributed by atoms with Crippen LogP contribution in [-0.4, -0.2) is 116 Å². The number of likely N-dealkylation sites (N-methyl/N-ethyl adjacent to an activating group) is 1. The molecule has 0 aliphatic rings. The second-order valence-corrected chi connectivity index (χ2v) is 13.3. The van der Waals surface area contributed by atoms with Gasteiger partial charge >= 0.3 is 0 Å². The lowest BCUT2D eigenvalue weighted by Crippen LogP contribution is -2.61. The zero-order valence-electron chi connectivity index (χ0n) is 31.6. The highest BCUT2D eigenvalue weighted by molar-refractivity contribution is 5.96. The molecule has 1 aromatic carbocycles. The van der Waals surface area contributed by atoms with E-state index in [0.29, 0.717) is 25.8 Å². The van der Waals surface area contributed by atoms with Crippen LogP contribution in [0.3, 0.4) is 0 Å². The van der Waals surface area contributed by atoms with Crippen molar-refractivity contribution in [3.05, 3.63) is 35.9 Å². The first-order chi connectivity index (χ1) is 25.1. The fourth-order valence-electron chi connectivity index (χ4n) is 5.12. The molecule has 0 aliphatic carbocycles. The second kappa shape index (κ2) is 25.2. The number of nitrogens with one attached hydrogen (secondary N) is 9. The fraction of sp³-hybridized carbons (Fsp3) is 0.629. The molecule has 18 nitrogen and oxygen atoms in total. The van der Waals surface area contributed by atoms with Crippen LogP contribution in [0.25, 0.3) is 0 Å². The van der Waals surface area contributed by atoms with Gasteiger partial charge in [0.15, 0.2) is 5.96 Å². The summed E-state index contributed by atoms with van der Waals surface area (Å²) in [6.45, 7) is 6.88. The summed E-state index contributed by atoms with van der Waals surface area (Å²) < 4.78 is 0. The van der Waals surface area contributed by atoms with Gasteiger partial charge in [-0.1, -0.05) is 58.0 Å². The molecule has 0 spiro atoms. The molecule has 18 heteroatoms. The molecule has 0 unspecified atom stereocenters. The molecule has 0 aliphatic heterocycles. The van der Waals surface area contributed by atoms with E-state index in [4.69, 9.17) is 16.9 Å². The summed E-state index contributed by atoms with van der Waals surface area (Å²) in [4.78, 5) is 79.2. The predicted molar refractivity (Wildman–Crippen MR) is 201 cm³/mol. The van der Waals surface area contributed by atoms with Crippen LogP contribution in [0.15, 0.2) is 30.3 Å². The maximum atomic E-state index is 13.7. The molecule has 14 N–H and O–H groups in total. The molecule has 0 saturated heterocycles. The smallest absolute Gasteiger partial charge is 0.245 e. The van der Waals surface area contributed by atoms with E-state index >= 15 is 0 Å². The minimum absolute atomic E-state index is 0.0174. The van der Waals surface area contributed by atoms with Crippen LogP contribution >= 0.6 is 0 Å². The van der Waals surface area contributed by atoms with Gasteiger partial charge in [0.05, 0.1) is 13.2 Å².